The minimum atomic E-state index is 0.0532. The number of carbonyl (C=O) groups excluding carboxylic acids is 5. The molecule has 0 aromatic heterocycles. The maximum absolute atomic E-state index is 11.2. The average Bonchev–Trinajstić information content (AvgIpc) is 4.34. The third kappa shape index (κ3) is 18.4. The zero-order chi connectivity index (χ0) is 53.4. The monoisotopic (exact) mass is 981 g/mol. The smallest absolute Gasteiger partial charge is 0.309 e. The van der Waals surface area contributed by atoms with E-state index >= 15 is 0 Å². The summed E-state index contributed by atoms with van der Waals surface area (Å²) in [6, 6.07) is 0. The van der Waals surface area contributed by atoms with Crippen LogP contribution in [-0.4, -0.2) is 60.9 Å². The van der Waals surface area contributed by atoms with Crippen LogP contribution in [0.25, 0.3) is 0 Å². The average molecular weight is 982 g/mol. The van der Waals surface area contributed by atoms with Gasteiger partial charge in [-0.3, -0.25) is 24.0 Å². The molecular weight excluding hydrogens is 869 g/mol. The Morgan fingerprint density at radius 1 is 0.333 bits per heavy atom. The second-order valence-corrected chi connectivity index (χ2v) is 17.6. The Bertz CT molecular complexity index is 1320. The van der Waals surface area contributed by atoms with Gasteiger partial charge in [0.15, 0.2) is 0 Å². The maximum atomic E-state index is 11.2. The van der Waals surface area contributed by atoms with E-state index in [0.29, 0.717) is 53.6 Å². The van der Waals surface area contributed by atoms with Crippen LogP contribution >= 0.6 is 0 Å². The van der Waals surface area contributed by atoms with Crippen molar-refractivity contribution in [2.75, 3.05) is 6.61 Å². The number of hydrogen-bond acceptors (Lipinski definition) is 10. The Balaban J connectivity index is 0. The summed E-state index contributed by atoms with van der Waals surface area (Å²) in [5.41, 5.74) is 0. The molecule has 12 bridgehead atoms. The molecule has 0 radical (unpaired) electrons. The summed E-state index contributed by atoms with van der Waals surface area (Å²) in [5, 5.41) is 0. The zero-order valence-electron chi connectivity index (χ0n) is 48.5. The lowest BCUT2D eigenvalue weighted by Crippen LogP contribution is -2.39. The van der Waals surface area contributed by atoms with E-state index < -0.39 is 0 Å². The number of fused-ring (bicyclic) bond motifs is 12. The SMILES string of the molecule is CC.CC.CC.CC.CC.CC.CC.CC.CC.CC.O=C1OC2CC3CC1C2C3.O=C1OC2CC3CC2CC13.O=C1OC2CCC1CC2.O=C1OC2CCCC1C2.O=C1OCC2C3CCC(C3)C12. The summed E-state index contributed by atoms with van der Waals surface area (Å²) in [5.74, 6) is 6.87. The summed E-state index contributed by atoms with van der Waals surface area (Å²) >= 11 is 0. The molecule has 0 aromatic carbocycles. The standard InChI is InChI=1S/C9H12O2.2C8H10O2.2C7H10O2.10C2H6/c10-9-8-6-2-1-5(3-6)7(8)4-11-9;9-8-6-2-5-1-4(6)3-7(5)10-8;9-8-6-2-4-1-5(6)7(3-4)10-8;8-7-5-1-3-6(9-7)4-2-5;8-7-5-2-1-3-6(4-5)9-7;10*1-2/h5-8H,1-4H2;2*4-7H,1-3H2;2*5-6H,1-4H2;10*1-2H3. The van der Waals surface area contributed by atoms with Crippen LogP contribution in [0.4, 0.5) is 0 Å². The summed E-state index contributed by atoms with van der Waals surface area (Å²) in [6.07, 6.45) is 21.0. The van der Waals surface area contributed by atoms with Crippen molar-refractivity contribution >= 4 is 29.8 Å². The normalized spacial score (nSPS) is 36.1. The molecule has 15 rings (SSSR count). The first-order valence-corrected chi connectivity index (χ1v) is 29.8. The first kappa shape index (κ1) is 68.4. The lowest BCUT2D eigenvalue weighted by atomic mass is 9.81. The Morgan fingerprint density at radius 3 is 1.26 bits per heavy atom. The molecule has 7 heterocycles. The van der Waals surface area contributed by atoms with Crippen molar-refractivity contribution in [3.63, 3.8) is 0 Å². The maximum Gasteiger partial charge on any atom is 0.309 e. The van der Waals surface area contributed by atoms with E-state index in [-0.39, 0.29) is 53.9 Å². The fraction of sp³-hybridized carbons (Fsp3) is 0.915. The number of carbonyl (C=O) groups is 5. The summed E-state index contributed by atoms with van der Waals surface area (Å²) in [6.45, 7) is 40.7. The highest BCUT2D eigenvalue weighted by Crippen LogP contribution is 2.56. The van der Waals surface area contributed by atoms with Gasteiger partial charge in [-0.1, -0.05) is 138 Å². The van der Waals surface area contributed by atoms with Gasteiger partial charge in [-0.05, 0) is 139 Å². The van der Waals surface area contributed by atoms with E-state index in [0.717, 1.165) is 88.6 Å². The van der Waals surface area contributed by atoms with E-state index in [1.54, 1.807) is 0 Å². The van der Waals surface area contributed by atoms with Gasteiger partial charge in [0.1, 0.15) is 24.4 Å². The van der Waals surface area contributed by atoms with E-state index in [1.807, 2.05) is 138 Å². The molecule has 15 aliphatic rings. The molecule has 0 amide bonds. The zero-order valence-corrected chi connectivity index (χ0v) is 48.5. The lowest BCUT2D eigenvalue weighted by Gasteiger charge is -2.34. The van der Waals surface area contributed by atoms with E-state index in [9.17, 15) is 24.0 Å². The van der Waals surface area contributed by atoms with Crippen molar-refractivity contribution in [2.45, 2.75) is 272 Å². The molecule has 0 aromatic rings. The Morgan fingerprint density at radius 2 is 0.855 bits per heavy atom. The molecule has 0 spiro atoms. The fourth-order valence-corrected chi connectivity index (χ4v) is 12.5. The van der Waals surface area contributed by atoms with E-state index in [4.69, 9.17) is 23.7 Å². The molecule has 10 nitrogen and oxygen atoms in total. The van der Waals surface area contributed by atoms with Crippen LogP contribution in [0.5, 0.6) is 0 Å². The van der Waals surface area contributed by atoms with Gasteiger partial charge in [-0.25, -0.2) is 0 Å². The number of rotatable bonds is 0. The van der Waals surface area contributed by atoms with Gasteiger partial charge >= 0.3 is 29.8 Å². The molecule has 7 aliphatic heterocycles. The van der Waals surface area contributed by atoms with E-state index in [2.05, 4.69) is 0 Å². The molecule has 0 N–H and O–H groups in total. The van der Waals surface area contributed by atoms with Gasteiger partial charge in [0, 0.05) is 11.8 Å². The highest BCUT2D eigenvalue weighted by molar-refractivity contribution is 5.77. The van der Waals surface area contributed by atoms with Gasteiger partial charge in [-0.2, -0.15) is 0 Å². The lowest BCUT2D eigenvalue weighted by molar-refractivity contribution is -0.170. The van der Waals surface area contributed by atoms with Crippen LogP contribution in [0.15, 0.2) is 0 Å². The van der Waals surface area contributed by atoms with Crippen LogP contribution in [0, 0.1) is 71.0 Å². The molecule has 8 aliphatic carbocycles. The fourth-order valence-electron chi connectivity index (χ4n) is 12.5. The Labute approximate surface area is 425 Å². The summed E-state index contributed by atoms with van der Waals surface area (Å²) in [7, 11) is 0. The second-order valence-electron chi connectivity index (χ2n) is 17.6. The van der Waals surface area contributed by atoms with Gasteiger partial charge in [0.2, 0.25) is 0 Å². The number of ether oxygens (including phenoxy) is 5. The third-order valence-electron chi connectivity index (χ3n) is 15.0. The highest BCUT2D eigenvalue weighted by atomic mass is 16.6. The highest BCUT2D eigenvalue weighted by Gasteiger charge is 2.57. The predicted octanol–water partition coefficient (Wildman–Crippen LogP) is 15.6. The molecule has 15 fully saturated rings. The van der Waals surface area contributed by atoms with Crippen molar-refractivity contribution < 1.29 is 47.7 Å². The van der Waals surface area contributed by atoms with Crippen LogP contribution in [-0.2, 0) is 47.7 Å². The molecule has 10 heteroatoms. The number of esters is 5. The minimum Gasteiger partial charge on any atom is -0.465 e. The first-order valence-electron chi connectivity index (χ1n) is 29.8. The summed E-state index contributed by atoms with van der Waals surface area (Å²) in [4.78, 5) is 55.0. The molecule has 408 valence electrons. The number of cyclic esters (lactones) is 1. The minimum absolute atomic E-state index is 0.0532. The molecule has 14 atom stereocenters. The van der Waals surface area contributed by atoms with Gasteiger partial charge in [0.05, 0.1) is 36.2 Å². The van der Waals surface area contributed by atoms with E-state index in [1.165, 1.54) is 44.9 Å². The predicted molar refractivity (Wildman–Crippen MR) is 284 cm³/mol. The molecular formula is C59H112O10. The van der Waals surface area contributed by atoms with Crippen molar-refractivity contribution in [2.24, 2.45) is 71.0 Å². The molecule has 7 saturated heterocycles. The first-order chi connectivity index (χ1) is 33.8. The second kappa shape index (κ2) is 39.0. The van der Waals surface area contributed by atoms with Crippen LogP contribution in [0.2, 0.25) is 0 Å². The van der Waals surface area contributed by atoms with Gasteiger partial charge in [-0.15, -0.1) is 0 Å². The van der Waals surface area contributed by atoms with Crippen LogP contribution in [0.1, 0.15) is 248 Å². The van der Waals surface area contributed by atoms with Crippen molar-refractivity contribution in [3.05, 3.63) is 0 Å². The quantitative estimate of drug-likeness (QED) is 0.171. The Hall–Kier alpha value is -2.65. The van der Waals surface area contributed by atoms with Gasteiger partial charge in [0.25, 0.3) is 0 Å². The number of hydrogen-bond donors (Lipinski definition) is 0. The largest absolute Gasteiger partial charge is 0.465 e. The van der Waals surface area contributed by atoms with Crippen LogP contribution < -0.4 is 0 Å². The van der Waals surface area contributed by atoms with Crippen molar-refractivity contribution in [1.82, 2.24) is 0 Å². The summed E-state index contributed by atoms with van der Waals surface area (Å²) < 4.78 is 25.6. The van der Waals surface area contributed by atoms with Crippen molar-refractivity contribution in [3.8, 4) is 0 Å². The molecule has 8 saturated carbocycles. The molecule has 69 heavy (non-hydrogen) atoms. The Kier molecular flexibility index (Phi) is 38.6. The third-order valence-corrected chi connectivity index (χ3v) is 15.0. The topological polar surface area (TPSA) is 132 Å². The molecule has 14 unspecified atom stereocenters. The van der Waals surface area contributed by atoms with Gasteiger partial charge < -0.3 is 23.7 Å². The van der Waals surface area contributed by atoms with Crippen LogP contribution in [0.3, 0.4) is 0 Å². The van der Waals surface area contributed by atoms with Crippen molar-refractivity contribution in [1.29, 1.82) is 0 Å².